The van der Waals surface area contributed by atoms with Crippen molar-refractivity contribution in [2.24, 2.45) is 5.73 Å². The van der Waals surface area contributed by atoms with Crippen molar-refractivity contribution in [3.63, 3.8) is 0 Å². The van der Waals surface area contributed by atoms with E-state index in [1.165, 1.54) is 25.6 Å². The van der Waals surface area contributed by atoms with E-state index in [1.54, 1.807) is 0 Å². The van der Waals surface area contributed by atoms with Crippen molar-refractivity contribution >= 4 is 66.6 Å². The molecule has 11 nitrogen and oxygen atoms in total. The molecule has 178 valence electrons. The highest BCUT2D eigenvalue weighted by molar-refractivity contribution is 7.98. The number of amides is 4. The first-order valence-corrected chi connectivity index (χ1v) is 12.0. The van der Waals surface area contributed by atoms with E-state index in [-0.39, 0.29) is 17.9 Å². The van der Waals surface area contributed by atoms with E-state index >= 15 is 0 Å². The number of carboxylic acid groups (broad SMARTS) is 1. The van der Waals surface area contributed by atoms with Gasteiger partial charge in [-0.3, -0.25) is 19.2 Å². The number of rotatable bonds is 14. The Hall–Kier alpha value is -1.64. The fourth-order valence-corrected chi connectivity index (χ4v) is 3.02. The third kappa shape index (κ3) is 11.0. The van der Waals surface area contributed by atoms with E-state index in [0.29, 0.717) is 5.75 Å². The minimum atomic E-state index is -1.25. The van der Waals surface area contributed by atoms with Gasteiger partial charge < -0.3 is 32.1 Å². The van der Waals surface area contributed by atoms with Crippen molar-refractivity contribution in [1.82, 2.24) is 21.3 Å². The molecule has 14 heteroatoms. The number of carbonyl (C=O) groups excluding carboxylic acids is 4. The van der Waals surface area contributed by atoms with Gasteiger partial charge in [0.1, 0.15) is 24.2 Å². The second kappa shape index (κ2) is 15.2. The summed E-state index contributed by atoms with van der Waals surface area (Å²) in [5.74, 6) is -3.18. The lowest BCUT2D eigenvalue weighted by atomic mass is 10.1. The van der Waals surface area contributed by atoms with Crippen LogP contribution >= 0.6 is 37.0 Å². The van der Waals surface area contributed by atoms with Gasteiger partial charge in [-0.25, -0.2) is 4.79 Å². The molecule has 0 aromatic carbocycles. The normalized spacial score (nSPS) is 15.5. The lowest BCUT2D eigenvalue weighted by molar-refractivity contribution is -0.141. The van der Waals surface area contributed by atoms with Crippen LogP contribution in [0.5, 0.6) is 0 Å². The van der Waals surface area contributed by atoms with Gasteiger partial charge in [-0.15, -0.1) is 0 Å². The van der Waals surface area contributed by atoms with Crippen LogP contribution in [0.3, 0.4) is 0 Å². The molecule has 4 amide bonds. The van der Waals surface area contributed by atoms with Crippen molar-refractivity contribution in [3.8, 4) is 0 Å². The monoisotopic (exact) mass is 497 g/mol. The number of hydrogen-bond acceptors (Lipinski definition) is 9. The minimum absolute atomic E-state index is 0.106. The third-order valence-electron chi connectivity index (χ3n) is 4.08. The first kappa shape index (κ1) is 29.4. The summed E-state index contributed by atoms with van der Waals surface area (Å²) in [6, 6.07) is -5.03. The quantitative estimate of drug-likeness (QED) is 0.127. The molecule has 0 fully saturated rings. The van der Waals surface area contributed by atoms with Crippen LogP contribution in [-0.4, -0.2) is 88.4 Å². The maximum absolute atomic E-state index is 12.6. The number of carbonyl (C=O) groups is 5. The van der Waals surface area contributed by atoms with Crippen LogP contribution in [0, 0.1) is 0 Å². The lowest BCUT2D eigenvalue weighted by Crippen LogP contribution is -2.57. The molecule has 7 N–H and O–H groups in total. The highest BCUT2D eigenvalue weighted by Gasteiger charge is 2.28. The average Bonchev–Trinajstić information content (AvgIpc) is 2.72. The van der Waals surface area contributed by atoms with Gasteiger partial charge in [-0.1, -0.05) is 0 Å². The van der Waals surface area contributed by atoms with E-state index in [2.05, 4.69) is 46.5 Å². The van der Waals surface area contributed by atoms with E-state index in [9.17, 15) is 24.0 Å². The van der Waals surface area contributed by atoms with Crippen LogP contribution in [0.25, 0.3) is 0 Å². The Kier molecular flexibility index (Phi) is 14.4. The van der Waals surface area contributed by atoms with Crippen LogP contribution in [-0.2, 0) is 24.0 Å². The zero-order valence-corrected chi connectivity index (χ0v) is 20.2. The van der Waals surface area contributed by atoms with Crippen molar-refractivity contribution in [1.29, 1.82) is 0 Å². The van der Waals surface area contributed by atoms with Crippen molar-refractivity contribution in [2.75, 3.05) is 23.5 Å². The minimum Gasteiger partial charge on any atom is -0.480 e. The fraction of sp³-hybridized carbons (Fsp3) is 0.706. The molecule has 0 saturated carbocycles. The highest BCUT2D eigenvalue weighted by atomic mass is 32.2. The number of thioether (sulfide) groups is 1. The predicted molar refractivity (Wildman–Crippen MR) is 125 cm³/mol. The summed E-state index contributed by atoms with van der Waals surface area (Å²) in [7, 11) is 0. The van der Waals surface area contributed by atoms with E-state index in [1.807, 2.05) is 6.26 Å². The molecule has 0 aromatic heterocycles. The largest absolute Gasteiger partial charge is 0.480 e. The SMILES string of the molecule is CSCC[C@H](NC(=O)[C@H](C)NC(=O)[C@@H](N)CS)C(=O)N[C@@H](C)C(=O)N[C@@H](CS)C(=O)O. The van der Waals surface area contributed by atoms with Crippen LogP contribution in [0.15, 0.2) is 0 Å². The van der Waals surface area contributed by atoms with Crippen molar-refractivity contribution < 1.29 is 29.1 Å². The molecule has 0 aromatic rings. The number of nitrogens with one attached hydrogen (secondary N) is 4. The topological polar surface area (TPSA) is 180 Å². The van der Waals surface area contributed by atoms with E-state index < -0.39 is 59.8 Å². The molecule has 0 unspecified atom stereocenters. The summed E-state index contributed by atoms with van der Waals surface area (Å²) >= 11 is 9.25. The maximum Gasteiger partial charge on any atom is 0.327 e. The van der Waals surface area contributed by atoms with Crippen molar-refractivity contribution in [3.05, 3.63) is 0 Å². The first-order chi connectivity index (χ1) is 14.5. The van der Waals surface area contributed by atoms with Gasteiger partial charge in [0.05, 0.1) is 6.04 Å². The molecule has 0 aliphatic heterocycles. The summed E-state index contributed by atoms with van der Waals surface area (Å²) in [6.45, 7) is 2.83. The Morgan fingerprint density at radius 3 is 1.74 bits per heavy atom. The predicted octanol–water partition coefficient (Wildman–Crippen LogP) is -2.01. The number of hydrogen-bond donors (Lipinski definition) is 8. The molecule has 0 bridgehead atoms. The molecule has 0 spiro atoms. The summed E-state index contributed by atoms with van der Waals surface area (Å²) in [5.41, 5.74) is 5.56. The standard InChI is InChI=1S/C17H31N5O6S3/c1-8(19-15(25)10(18)6-29)13(23)21-11(4-5-31-3)16(26)20-9(2)14(24)22-12(7-30)17(27)28/h8-12,29-30H,4-7,18H2,1-3H3,(H,19,25)(H,20,26)(H,21,23)(H,22,24)(H,27,28)/t8-,9-,10-,11-,12-/m0/s1. The Bertz CT molecular complexity index is 654. The molecule has 0 saturated heterocycles. The molecular formula is C17H31N5O6S3. The number of thiol groups is 2. The zero-order chi connectivity index (χ0) is 24.1. The smallest absolute Gasteiger partial charge is 0.327 e. The Balaban J connectivity index is 5.03. The number of carboxylic acids is 1. The van der Waals surface area contributed by atoms with Crippen LogP contribution in [0.2, 0.25) is 0 Å². The molecule has 0 rings (SSSR count). The Morgan fingerprint density at radius 2 is 1.32 bits per heavy atom. The second-order valence-corrected chi connectivity index (χ2v) is 8.39. The lowest BCUT2D eigenvalue weighted by Gasteiger charge is -2.24. The van der Waals surface area contributed by atoms with Crippen molar-refractivity contribution in [2.45, 2.75) is 50.5 Å². The zero-order valence-electron chi connectivity index (χ0n) is 17.6. The second-order valence-electron chi connectivity index (χ2n) is 6.67. The molecule has 5 atom stereocenters. The third-order valence-corrected chi connectivity index (χ3v) is 5.48. The van der Waals surface area contributed by atoms with Gasteiger partial charge in [-0.05, 0) is 32.3 Å². The Labute approximate surface area is 196 Å². The molecule has 31 heavy (non-hydrogen) atoms. The van der Waals surface area contributed by atoms with E-state index in [0.717, 1.165) is 0 Å². The summed E-state index contributed by atoms with van der Waals surface area (Å²) < 4.78 is 0. The highest BCUT2D eigenvalue weighted by Crippen LogP contribution is 2.03. The van der Waals surface area contributed by atoms with Crippen LogP contribution in [0.1, 0.15) is 20.3 Å². The number of aliphatic carboxylic acids is 1. The van der Waals surface area contributed by atoms with E-state index in [4.69, 9.17) is 10.8 Å². The molecule has 0 aliphatic carbocycles. The van der Waals surface area contributed by atoms with Crippen LogP contribution in [0.4, 0.5) is 0 Å². The molecule has 0 radical (unpaired) electrons. The van der Waals surface area contributed by atoms with Gasteiger partial charge >= 0.3 is 5.97 Å². The number of nitrogens with two attached hydrogens (primary N) is 1. The maximum atomic E-state index is 12.6. The van der Waals surface area contributed by atoms with Gasteiger partial charge in [0.2, 0.25) is 23.6 Å². The van der Waals surface area contributed by atoms with Gasteiger partial charge in [-0.2, -0.15) is 37.0 Å². The molecule has 0 aliphatic rings. The summed E-state index contributed by atoms with van der Waals surface area (Å²) in [4.78, 5) is 60.0. The molecular weight excluding hydrogens is 466 g/mol. The summed E-state index contributed by atoms with van der Waals surface area (Å²) in [6.07, 6.45) is 2.11. The molecule has 0 heterocycles. The fourth-order valence-electron chi connectivity index (χ4n) is 2.13. The van der Waals surface area contributed by atoms with Gasteiger partial charge in [0.25, 0.3) is 0 Å². The van der Waals surface area contributed by atoms with Crippen LogP contribution < -0.4 is 27.0 Å². The average molecular weight is 498 g/mol. The summed E-state index contributed by atoms with van der Waals surface area (Å²) in [5, 5.41) is 18.7. The Morgan fingerprint density at radius 1 is 0.839 bits per heavy atom. The van der Waals surface area contributed by atoms with Gasteiger partial charge in [0.15, 0.2) is 0 Å². The first-order valence-electron chi connectivity index (χ1n) is 9.38. The van der Waals surface area contributed by atoms with Gasteiger partial charge in [0, 0.05) is 11.5 Å².